The molecule has 0 spiro atoms. The molecule has 1 unspecified atom stereocenters. The average molecular weight is 216 g/mol. The minimum Gasteiger partial charge on any atom is -0.324 e. The highest BCUT2D eigenvalue weighted by atomic mass is 15.3. The second kappa shape index (κ2) is 4.90. The zero-order chi connectivity index (χ0) is 11.4. The maximum absolute atomic E-state index is 6.10. The van der Waals surface area contributed by atoms with Crippen molar-refractivity contribution < 1.29 is 0 Å². The van der Waals surface area contributed by atoms with Crippen molar-refractivity contribution in [2.75, 3.05) is 0 Å². The Balaban J connectivity index is 1.94. The number of benzene rings is 1. The fourth-order valence-electron chi connectivity index (χ4n) is 1.70. The largest absolute Gasteiger partial charge is 0.324 e. The van der Waals surface area contributed by atoms with Gasteiger partial charge in [0.1, 0.15) is 12.2 Å². The maximum Gasteiger partial charge on any atom is 0.138 e. The molecular formula is C12H16N4. The quantitative estimate of drug-likeness (QED) is 0.841. The summed E-state index contributed by atoms with van der Waals surface area (Å²) in [6, 6.07) is 10.2. The van der Waals surface area contributed by atoms with Gasteiger partial charge in [0.2, 0.25) is 0 Å². The van der Waals surface area contributed by atoms with Gasteiger partial charge in [-0.1, -0.05) is 30.3 Å². The van der Waals surface area contributed by atoms with Crippen LogP contribution in [0.3, 0.4) is 0 Å². The monoisotopic (exact) mass is 216 g/mol. The molecule has 16 heavy (non-hydrogen) atoms. The van der Waals surface area contributed by atoms with Crippen molar-refractivity contribution >= 4 is 0 Å². The molecule has 4 nitrogen and oxygen atoms in total. The summed E-state index contributed by atoms with van der Waals surface area (Å²) in [5.74, 6) is 0.978. The Labute approximate surface area is 95.1 Å². The van der Waals surface area contributed by atoms with E-state index in [0.717, 1.165) is 18.7 Å². The van der Waals surface area contributed by atoms with Gasteiger partial charge in [-0.2, -0.15) is 5.10 Å². The Bertz CT molecular complexity index is 435. The highest BCUT2D eigenvalue weighted by molar-refractivity contribution is 5.18. The summed E-state index contributed by atoms with van der Waals surface area (Å²) in [4.78, 5) is 4.18. The molecule has 0 saturated heterocycles. The summed E-state index contributed by atoms with van der Waals surface area (Å²) < 4.78 is 1.79. The van der Waals surface area contributed by atoms with Gasteiger partial charge < -0.3 is 5.73 Å². The number of hydrogen-bond acceptors (Lipinski definition) is 3. The highest BCUT2D eigenvalue weighted by Crippen LogP contribution is 2.15. The van der Waals surface area contributed by atoms with Gasteiger partial charge in [-0.25, -0.2) is 4.98 Å². The van der Waals surface area contributed by atoms with Gasteiger partial charge in [0.15, 0.2) is 0 Å². The Morgan fingerprint density at radius 3 is 2.69 bits per heavy atom. The third-order valence-electron chi connectivity index (χ3n) is 2.71. The van der Waals surface area contributed by atoms with Gasteiger partial charge in [-0.05, 0) is 12.0 Å². The Morgan fingerprint density at radius 1 is 1.31 bits per heavy atom. The van der Waals surface area contributed by atoms with Crippen LogP contribution in [0.25, 0.3) is 0 Å². The molecule has 0 aliphatic heterocycles. The molecule has 0 amide bonds. The first-order valence-corrected chi connectivity index (χ1v) is 5.41. The molecule has 2 rings (SSSR count). The smallest absolute Gasteiger partial charge is 0.138 e. The first-order valence-electron chi connectivity index (χ1n) is 5.41. The van der Waals surface area contributed by atoms with E-state index in [1.165, 1.54) is 5.56 Å². The minimum atomic E-state index is 0.0675. The molecule has 0 bridgehead atoms. The van der Waals surface area contributed by atoms with E-state index in [4.69, 9.17) is 5.73 Å². The number of hydrogen-bond donors (Lipinski definition) is 1. The van der Waals surface area contributed by atoms with E-state index in [1.807, 2.05) is 25.2 Å². The number of nitrogens with zero attached hydrogens (tertiary/aromatic N) is 3. The van der Waals surface area contributed by atoms with E-state index in [2.05, 4.69) is 22.2 Å². The maximum atomic E-state index is 6.10. The topological polar surface area (TPSA) is 56.7 Å². The fourth-order valence-corrected chi connectivity index (χ4v) is 1.70. The normalized spacial score (nSPS) is 12.6. The van der Waals surface area contributed by atoms with Crippen LogP contribution >= 0.6 is 0 Å². The zero-order valence-electron chi connectivity index (χ0n) is 9.37. The lowest BCUT2D eigenvalue weighted by molar-refractivity contribution is 0.605. The number of aromatic nitrogens is 3. The summed E-state index contributed by atoms with van der Waals surface area (Å²) in [6.07, 6.45) is 3.31. The molecule has 1 heterocycles. The first kappa shape index (κ1) is 10.8. The van der Waals surface area contributed by atoms with Crippen LogP contribution < -0.4 is 5.73 Å². The average Bonchev–Trinajstić information content (AvgIpc) is 2.73. The molecular weight excluding hydrogens is 200 g/mol. The highest BCUT2D eigenvalue weighted by Gasteiger charge is 2.07. The summed E-state index contributed by atoms with van der Waals surface area (Å²) in [5.41, 5.74) is 7.28. The predicted octanol–water partition coefficient (Wildman–Crippen LogP) is 1.45. The number of rotatable bonds is 4. The molecule has 84 valence electrons. The van der Waals surface area contributed by atoms with E-state index in [0.29, 0.717) is 0 Å². The van der Waals surface area contributed by atoms with Crippen molar-refractivity contribution in [2.24, 2.45) is 12.8 Å². The molecule has 0 radical (unpaired) electrons. The lowest BCUT2D eigenvalue weighted by Gasteiger charge is -2.11. The van der Waals surface area contributed by atoms with Gasteiger partial charge in [-0.15, -0.1) is 0 Å². The second-order valence-corrected chi connectivity index (χ2v) is 3.86. The van der Waals surface area contributed by atoms with Crippen molar-refractivity contribution in [2.45, 2.75) is 18.9 Å². The van der Waals surface area contributed by atoms with E-state index >= 15 is 0 Å². The van der Waals surface area contributed by atoms with Crippen molar-refractivity contribution in [3.63, 3.8) is 0 Å². The molecule has 4 heteroatoms. The number of nitrogens with two attached hydrogens (primary N) is 1. The van der Waals surface area contributed by atoms with Crippen LogP contribution in [0.1, 0.15) is 23.9 Å². The Morgan fingerprint density at radius 2 is 2.06 bits per heavy atom. The van der Waals surface area contributed by atoms with E-state index in [1.54, 1.807) is 11.0 Å². The van der Waals surface area contributed by atoms with Gasteiger partial charge >= 0.3 is 0 Å². The van der Waals surface area contributed by atoms with Crippen LogP contribution in [0, 0.1) is 0 Å². The third kappa shape index (κ3) is 2.46. The van der Waals surface area contributed by atoms with E-state index < -0.39 is 0 Å². The van der Waals surface area contributed by atoms with Crippen LogP contribution in [0.2, 0.25) is 0 Å². The Hall–Kier alpha value is -1.68. The molecule has 1 aromatic carbocycles. The Kier molecular flexibility index (Phi) is 3.31. The van der Waals surface area contributed by atoms with E-state index in [-0.39, 0.29) is 6.04 Å². The van der Waals surface area contributed by atoms with Gasteiger partial charge in [0.05, 0.1) is 0 Å². The minimum absolute atomic E-state index is 0.0675. The van der Waals surface area contributed by atoms with E-state index in [9.17, 15) is 0 Å². The first-order chi connectivity index (χ1) is 7.77. The number of aryl methyl sites for hydroxylation is 2. The third-order valence-corrected chi connectivity index (χ3v) is 2.71. The standard InChI is InChI=1S/C12H16N4/c1-16-12(14-9-15-16)8-7-11(13)10-5-3-2-4-6-10/h2-6,9,11H,7-8,13H2,1H3. The van der Waals surface area contributed by atoms with Crippen LogP contribution in [0.15, 0.2) is 36.7 Å². The molecule has 0 aliphatic carbocycles. The molecule has 0 aliphatic rings. The van der Waals surface area contributed by atoms with Crippen molar-refractivity contribution in [1.82, 2.24) is 14.8 Å². The molecule has 1 aromatic heterocycles. The van der Waals surface area contributed by atoms with Gasteiger partial charge in [-0.3, -0.25) is 4.68 Å². The van der Waals surface area contributed by atoms with Crippen molar-refractivity contribution in [3.05, 3.63) is 48.0 Å². The lowest BCUT2D eigenvalue weighted by Crippen LogP contribution is -2.12. The predicted molar refractivity (Wildman–Crippen MR) is 62.7 cm³/mol. The molecule has 1 atom stereocenters. The lowest BCUT2D eigenvalue weighted by atomic mass is 10.0. The molecule has 2 N–H and O–H groups in total. The van der Waals surface area contributed by atoms with Gasteiger partial charge in [0, 0.05) is 19.5 Å². The molecule has 2 aromatic rings. The van der Waals surface area contributed by atoms with Crippen LogP contribution in [0.5, 0.6) is 0 Å². The SMILES string of the molecule is Cn1ncnc1CCC(N)c1ccccc1. The van der Waals surface area contributed by atoms with Crippen LogP contribution in [-0.2, 0) is 13.5 Å². The summed E-state index contributed by atoms with van der Waals surface area (Å²) >= 11 is 0. The summed E-state index contributed by atoms with van der Waals surface area (Å²) in [7, 11) is 1.90. The second-order valence-electron chi connectivity index (χ2n) is 3.86. The zero-order valence-corrected chi connectivity index (χ0v) is 9.37. The summed E-state index contributed by atoms with van der Waals surface area (Å²) in [5, 5.41) is 4.03. The van der Waals surface area contributed by atoms with Gasteiger partial charge in [0.25, 0.3) is 0 Å². The van der Waals surface area contributed by atoms with Crippen molar-refractivity contribution in [3.8, 4) is 0 Å². The van der Waals surface area contributed by atoms with Crippen LogP contribution in [0.4, 0.5) is 0 Å². The molecule has 0 fully saturated rings. The fraction of sp³-hybridized carbons (Fsp3) is 0.333. The molecule has 0 saturated carbocycles. The summed E-state index contributed by atoms with van der Waals surface area (Å²) in [6.45, 7) is 0. The van der Waals surface area contributed by atoms with Crippen LogP contribution in [-0.4, -0.2) is 14.8 Å². The van der Waals surface area contributed by atoms with Crippen molar-refractivity contribution in [1.29, 1.82) is 0 Å².